The van der Waals surface area contributed by atoms with Gasteiger partial charge in [0.15, 0.2) is 5.65 Å². The Morgan fingerprint density at radius 2 is 1.76 bits per heavy atom. The Morgan fingerprint density at radius 3 is 2.50 bits per heavy atom. The quantitative estimate of drug-likeness (QED) is 0.511. The molecule has 2 amide bonds. The van der Waals surface area contributed by atoms with E-state index in [-0.39, 0.29) is 18.0 Å². The van der Waals surface area contributed by atoms with Crippen molar-refractivity contribution in [1.82, 2.24) is 19.3 Å². The van der Waals surface area contributed by atoms with Crippen LogP contribution in [0.3, 0.4) is 0 Å². The number of para-hydroxylation sites is 2. The molecule has 1 aliphatic heterocycles. The minimum atomic E-state index is -1.12. The molecule has 0 atom stereocenters. The molecule has 0 fully saturated rings. The van der Waals surface area contributed by atoms with Gasteiger partial charge < -0.3 is 5.32 Å². The number of hydrogen-bond donors (Lipinski definition) is 1. The summed E-state index contributed by atoms with van der Waals surface area (Å²) in [6.07, 6.45) is 2.82. The van der Waals surface area contributed by atoms with Crippen molar-refractivity contribution in [1.29, 1.82) is 0 Å². The third-order valence-electron chi connectivity index (χ3n) is 6.07. The highest BCUT2D eigenvalue weighted by Gasteiger charge is 2.43. The van der Waals surface area contributed by atoms with E-state index in [1.165, 1.54) is 22.0 Å². The van der Waals surface area contributed by atoms with Crippen LogP contribution in [0.15, 0.2) is 59.8 Å². The van der Waals surface area contributed by atoms with Crippen LogP contribution in [-0.4, -0.2) is 36.7 Å². The van der Waals surface area contributed by atoms with Gasteiger partial charge in [-0.25, -0.2) is 9.67 Å². The second-order valence-corrected chi connectivity index (χ2v) is 9.08. The number of nitrogens with one attached hydrogen (secondary N) is 1. The van der Waals surface area contributed by atoms with E-state index in [1.807, 2.05) is 26.0 Å². The van der Waals surface area contributed by atoms with Crippen LogP contribution < -0.4 is 15.8 Å². The summed E-state index contributed by atoms with van der Waals surface area (Å²) >= 11 is 0. The Labute approximate surface area is 195 Å². The zero-order valence-corrected chi connectivity index (χ0v) is 19.4. The van der Waals surface area contributed by atoms with Crippen molar-refractivity contribution in [2.24, 2.45) is 0 Å². The molecule has 3 heterocycles. The van der Waals surface area contributed by atoms with Crippen molar-refractivity contribution in [2.45, 2.75) is 39.8 Å². The zero-order valence-electron chi connectivity index (χ0n) is 19.4. The maximum Gasteiger partial charge on any atom is 0.264 e. The van der Waals surface area contributed by atoms with Crippen LogP contribution >= 0.6 is 0 Å². The number of amides is 2. The standard InChI is InChI=1S/C25H24N6O3/c1-15-9-16(2)11-17(10-15)31-22-18(12-27-31)23(33)29(14-26-22)13-21(32)30-20-8-6-5-7-19(20)28-24(34)25(30,3)4/h5-12,14H,13H2,1-4H3,(H,28,34). The molecule has 0 saturated heterocycles. The number of rotatable bonds is 3. The van der Waals surface area contributed by atoms with E-state index in [1.54, 1.807) is 42.8 Å². The fourth-order valence-electron chi connectivity index (χ4n) is 4.44. The number of fused-ring (bicyclic) bond motifs is 2. The maximum absolute atomic E-state index is 13.4. The first-order valence-corrected chi connectivity index (χ1v) is 10.9. The lowest BCUT2D eigenvalue weighted by Gasteiger charge is -2.42. The predicted octanol–water partition coefficient (Wildman–Crippen LogP) is 2.96. The fourth-order valence-corrected chi connectivity index (χ4v) is 4.44. The predicted molar refractivity (Wildman–Crippen MR) is 129 cm³/mol. The maximum atomic E-state index is 13.4. The Kier molecular flexibility index (Phi) is 4.85. The summed E-state index contributed by atoms with van der Waals surface area (Å²) in [4.78, 5) is 45.2. The minimum Gasteiger partial charge on any atom is -0.322 e. The van der Waals surface area contributed by atoms with E-state index in [2.05, 4.69) is 21.5 Å². The van der Waals surface area contributed by atoms with E-state index in [9.17, 15) is 14.4 Å². The lowest BCUT2D eigenvalue weighted by Crippen LogP contribution is -2.59. The number of benzene rings is 2. The van der Waals surface area contributed by atoms with Crippen LogP contribution in [0.1, 0.15) is 25.0 Å². The van der Waals surface area contributed by atoms with E-state index in [0.29, 0.717) is 22.4 Å². The summed E-state index contributed by atoms with van der Waals surface area (Å²) in [6, 6.07) is 13.1. The van der Waals surface area contributed by atoms with Crippen LogP contribution in [-0.2, 0) is 16.1 Å². The average molecular weight is 457 g/mol. The molecule has 2 aromatic heterocycles. The molecule has 0 spiro atoms. The summed E-state index contributed by atoms with van der Waals surface area (Å²) in [7, 11) is 0. The molecule has 9 heteroatoms. The Bertz CT molecular complexity index is 1510. The molecule has 1 N–H and O–H groups in total. The Balaban J connectivity index is 1.53. The van der Waals surface area contributed by atoms with E-state index in [4.69, 9.17) is 0 Å². The van der Waals surface area contributed by atoms with Crippen LogP contribution in [0.25, 0.3) is 16.7 Å². The lowest BCUT2D eigenvalue weighted by atomic mass is 9.96. The van der Waals surface area contributed by atoms with Crippen molar-refractivity contribution < 1.29 is 9.59 Å². The van der Waals surface area contributed by atoms with E-state index >= 15 is 0 Å². The SMILES string of the molecule is Cc1cc(C)cc(-n2ncc3c(=O)n(CC(=O)N4c5ccccc5NC(=O)C4(C)C)cnc32)c1. The lowest BCUT2D eigenvalue weighted by molar-refractivity contribution is -0.126. The fraction of sp³-hybridized carbons (Fsp3) is 0.240. The molecule has 0 radical (unpaired) electrons. The molecule has 1 aliphatic rings. The summed E-state index contributed by atoms with van der Waals surface area (Å²) in [5.41, 5.74) is 3.02. The van der Waals surface area contributed by atoms with Crippen LogP contribution in [0.5, 0.6) is 0 Å². The highest BCUT2D eigenvalue weighted by Crippen LogP contribution is 2.36. The summed E-state index contributed by atoms with van der Waals surface area (Å²) < 4.78 is 2.88. The molecule has 0 unspecified atom stereocenters. The Morgan fingerprint density at radius 1 is 1.06 bits per heavy atom. The number of carbonyl (C=O) groups excluding carboxylic acids is 2. The number of aromatic nitrogens is 4. The number of nitrogens with zero attached hydrogens (tertiary/aromatic N) is 5. The van der Waals surface area contributed by atoms with Gasteiger partial charge in [0, 0.05) is 0 Å². The average Bonchev–Trinajstić information content (AvgIpc) is 3.20. The van der Waals surface area contributed by atoms with Gasteiger partial charge in [-0.3, -0.25) is 23.9 Å². The molecule has 34 heavy (non-hydrogen) atoms. The minimum absolute atomic E-state index is 0.262. The number of hydrogen-bond acceptors (Lipinski definition) is 5. The first kappa shape index (κ1) is 21.6. The van der Waals surface area contributed by atoms with Crippen molar-refractivity contribution in [3.63, 3.8) is 0 Å². The third kappa shape index (κ3) is 3.37. The molecule has 9 nitrogen and oxygen atoms in total. The normalized spacial score (nSPS) is 14.7. The highest BCUT2D eigenvalue weighted by molar-refractivity contribution is 6.14. The summed E-state index contributed by atoms with van der Waals surface area (Å²) in [5, 5.41) is 7.52. The molecular formula is C25H24N6O3. The molecule has 172 valence electrons. The Hall–Kier alpha value is -4.27. The second-order valence-electron chi connectivity index (χ2n) is 9.08. The topological polar surface area (TPSA) is 102 Å². The second kappa shape index (κ2) is 7.65. The smallest absolute Gasteiger partial charge is 0.264 e. The van der Waals surface area contributed by atoms with Crippen molar-refractivity contribution in [3.05, 3.63) is 76.5 Å². The van der Waals surface area contributed by atoms with Crippen molar-refractivity contribution in [2.75, 3.05) is 10.2 Å². The zero-order chi connectivity index (χ0) is 24.2. The van der Waals surface area contributed by atoms with Crippen LogP contribution in [0.4, 0.5) is 11.4 Å². The van der Waals surface area contributed by atoms with Gasteiger partial charge in [-0.05, 0) is 63.1 Å². The molecule has 5 rings (SSSR count). The molecule has 2 aromatic carbocycles. The monoisotopic (exact) mass is 456 g/mol. The van der Waals surface area contributed by atoms with Gasteiger partial charge in [-0.15, -0.1) is 0 Å². The largest absolute Gasteiger partial charge is 0.322 e. The number of carbonyl (C=O) groups is 2. The van der Waals surface area contributed by atoms with Crippen LogP contribution in [0, 0.1) is 13.8 Å². The van der Waals surface area contributed by atoms with Gasteiger partial charge in [0.1, 0.15) is 23.8 Å². The van der Waals surface area contributed by atoms with E-state index < -0.39 is 11.4 Å². The van der Waals surface area contributed by atoms with Gasteiger partial charge in [0.2, 0.25) is 11.8 Å². The number of aryl methyl sites for hydroxylation is 2. The molecule has 0 aliphatic carbocycles. The molecule has 0 bridgehead atoms. The van der Waals surface area contributed by atoms with Gasteiger partial charge >= 0.3 is 0 Å². The third-order valence-corrected chi connectivity index (χ3v) is 6.07. The van der Waals surface area contributed by atoms with Crippen molar-refractivity contribution >= 4 is 34.2 Å². The molecule has 0 saturated carbocycles. The number of anilines is 2. The first-order chi connectivity index (χ1) is 16.2. The van der Waals surface area contributed by atoms with Gasteiger partial charge in [0.05, 0.1) is 23.3 Å². The molecule has 4 aromatic rings. The van der Waals surface area contributed by atoms with Gasteiger partial charge in [0.25, 0.3) is 5.56 Å². The van der Waals surface area contributed by atoms with E-state index in [0.717, 1.165) is 16.8 Å². The van der Waals surface area contributed by atoms with Crippen molar-refractivity contribution in [3.8, 4) is 5.69 Å². The van der Waals surface area contributed by atoms with Crippen LogP contribution in [0.2, 0.25) is 0 Å². The summed E-state index contributed by atoms with van der Waals surface area (Å²) in [5.74, 6) is -0.688. The van der Waals surface area contributed by atoms with Gasteiger partial charge in [-0.1, -0.05) is 18.2 Å². The first-order valence-electron chi connectivity index (χ1n) is 10.9. The van der Waals surface area contributed by atoms with Gasteiger partial charge in [-0.2, -0.15) is 5.10 Å². The molecular weight excluding hydrogens is 432 g/mol. The highest BCUT2D eigenvalue weighted by atomic mass is 16.2. The summed E-state index contributed by atoms with van der Waals surface area (Å²) in [6.45, 7) is 7.08.